The highest BCUT2D eigenvalue weighted by Crippen LogP contribution is 2.45. The fourth-order valence-electron chi connectivity index (χ4n) is 5.31. The Morgan fingerprint density at radius 3 is 2.22 bits per heavy atom. The van der Waals surface area contributed by atoms with Gasteiger partial charge in [0.05, 0.1) is 24.8 Å². The number of carbonyl (C=O) groups excluding carboxylic acids is 2. The van der Waals surface area contributed by atoms with E-state index in [0.717, 1.165) is 17.4 Å². The number of urea groups is 1. The molecule has 41 heavy (non-hydrogen) atoms. The van der Waals surface area contributed by atoms with Crippen LogP contribution in [0.3, 0.4) is 0 Å². The predicted octanol–water partition coefficient (Wildman–Crippen LogP) is 5.85. The molecule has 0 N–H and O–H groups in total. The Morgan fingerprint density at radius 1 is 1.00 bits per heavy atom. The highest BCUT2D eigenvalue weighted by Gasteiger charge is 2.44. The van der Waals surface area contributed by atoms with Gasteiger partial charge >= 0.3 is 6.03 Å². The number of benzene rings is 3. The van der Waals surface area contributed by atoms with Crippen LogP contribution in [0.1, 0.15) is 41.3 Å². The molecule has 0 radical (unpaired) electrons. The van der Waals surface area contributed by atoms with Crippen LogP contribution in [0.4, 0.5) is 4.79 Å². The third kappa shape index (κ3) is 6.11. The third-order valence-corrected chi connectivity index (χ3v) is 7.86. The van der Waals surface area contributed by atoms with E-state index in [-0.39, 0.29) is 6.03 Å². The highest BCUT2D eigenvalue weighted by molar-refractivity contribution is 6.30. The second-order valence-corrected chi connectivity index (χ2v) is 10.7. The number of hydrogen-bond acceptors (Lipinski definition) is 5. The minimum Gasteiger partial charge on any atom is -0.493 e. The number of aldehydes is 1. The zero-order chi connectivity index (χ0) is 28.9. The van der Waals surface area contributed by atoms with Gasteiger partial charge in [-0.1, -0.05) is 53.4 Å². The van der Waals surface area contributed by atoms with Gasteiger partial charge in [-0.2, -0.15) is 0 Å². The molecular formula is C32H30Cl2N4O3. The number of amides is 2. The summed E-state index contributed by atoms with van der Waals surface area (Å²) in [4.78, 5) is 36.4. The fourth-order valence-corrected chi connectivity index (χ4v) is 5.56. The lowest BCUT2D eigenvalue weighted by Gasteiger charge is -2.38. The summed E-state index contributed by atoms with van der Waals surface area (Å²) >= 11 is 12.5. The molecule has 1 fully saturated rings. The highest BCUT2D eigenvalue weighted by atomic mass is 35.5. The Balaban J connectivity index is 1.65. The molecule has 0 aliphatic carbocycles. The van der Waals surface area contributed by atoms with E-state index in [4.69, 9.17) is 39.4 Å². The molecule has 210 valence electrons. The van der Waals surface area contributed by atoms with Gasteiger partial charge in [0.25, 0.3) is 0 Å². The van der Waals surface area contributed by atoms with Crippen LogP contribution in [0.5, 0.6) is 5.75 Å². The molecule has 2 atom stereocenters. The van der Waals surface area contributed by atoms with Crippen molar-refractivity contribution in [1.82, 2.24) is 14.7 Å². The number of halogens is 2. The van der Waals surface area contributed by atoms with Crippen molar-refractivity contribution in [2.24, 2.45) is 4.99 Å². The Hall–Kier alpha value is -3.83. The van der Waals surface area contributed by atoms with Crippen molar-refractivity contribution in [2.75, 3.05) is 39.3 Å². The second-order valence-electron chi connectivity index (χ2n) is 9.84. The van der Waals surface area contributed by atoms with Crippen LogP contribution in [0, 0.1) is 12.3 Å². The lowest BCUT2D eigenvalue weighted by atomic mass is 9.93. The van der Waals surface area contributed by atoms with Crippen molar-refractivity contribution in [3.05, 3.63) is 99.0 Å². The van der Waals surface area contributed by atoms with Gasteiger partial charge in [0.2, 0.25) is 0 Å². The van der Waals surface area contributed by atoms with E-state index in [1.165, 1.54) is 0 Å². The van der Waals surface area contributed by atoms with E-state index in [1.54, 1.807) is 11.0 Å². The monoisotopic (exact) mass is 588 g/mol. The molecule has 0 spiro atoms. The Labute approximate surface area is 250 Å². The first kappa shape index (κ1) is 28.7. The summed E-state index contributed by atoms with van der Waals surface area (Å²) in [7, 11) is 0. The molecule has 0 bridgehead atoms. The largest absolute Gasteiger partial charge is 0.493 e. The van der Waals surface area contributed by atoms with E-state index >= 15 is 0 Å². The minimum absolute atomic E-state index is 0.172. The SMILES string of the molecule is C#Cc1ccc(C2=N[C@@H](c3ccc(Cl)cc3)[C@@H](c3ccc(Cl)cc3)N2C(=O)N2CCN(CC=O)CC2)c(OCC)c1. The summed E-state index contributed by atoms with van der Waals surface area (Å²) in [5, 5.41) is 1.22. The maximum Gasteiger partial charge on any atom is 0.326 e. The molecule has 2 aliphatic heterocycles. The average Bonchev–Trinajstić information content (AvgIpc) is 3.38. The van der Waals surface area contributed by atoms with Gasteiger partial charge in [-0.05, 0) is 60.5 Å². The average molecular weight is 590 g/mol. The number of ether oxygens (including phenoxy) is 1. The molecule has 1 saturated heterocycles. The molecule has 0 unspecified atom stereocenters. The zero-order valence-corrected chi connectivity index (χ0v) is 24.2. The number of amidine groups is 1. The van der Waals surface area contributed by atoms with Gasteiger partial charge in [0, 0.05) is 41.8 Å². The molecule has 5 rings (SSSR count). The van der Waals surface area contributed by atoms with Crippen LogP contribution in [0.2, 0.25) is 10.0 Å². The van der Waals surface area contributed by atoms with Crippen molar-refractivity contribution in [1.29, 1.82) is 0 Å². The summed E-state index contributed by atoms with van der Waals surface area (Å²) in [5.41, 5.74) is 3.15. The maximum atomic E-state index is 14.5. The molecule has 2 amide bonds. The molecule has 3 aromatic rings. The third-order valence-electron chi connectivity index (χ3n) is 7.36. The van der Waals surface area contributed by atoms with Crippen LogP contribution in [-0.4, -0.2) is 72.2 Å². The van der Waals surface area contributed by atoms with Gasteiger partial charge in [-0.15, -0.1) is 6.42 Å². The van der Waals surface area contributed by atoms with Crippen LogP contribution in [-0.2, 0) is 4.79 Å². The van der Waals surface area contributed by atoms with Crippen LogP contribution in [0.25, 0.3) is 0 Å². The van der Waals surface area contributed by atoms with Crippen molar-refractivity contribution < 1.29 is 14.3 Å². The molecule has 7 nitrogen and oxygen atoms in total. The first-order chi connectivity index (χ1) is 19.9. The summed E-state index contributed by atoms with van der Waals surface area (Å²) in [6, 6.07) is 19.5. The van der Waals surface area contributed by atoms with Crippen LogP contribution in [0.15, 0.2) is 71.7 Å². The quantitative estimate of drug-likeness (QED) is 0.256. The van der Waals surface area contributed by atoms with Crippen molar-refractivity contribution in [3.8, 4) is 18.1 Å². The number of rotatable bonds is 7. The first-order valence-electron chi connectivity index (χ1n) is 13.5. The standard InChI is InChI=1S/C32H30Cl2N4O3/c1-3-22-5-14-27(28(21-22)41-4-2)31-35-29(23-6-10-25(33)11-7-23)30(24-8-12-26(34)13-9-24)38(31)32(40)37-17-15-36(16-18-37)19-20-39/h1,5-14,20-21,29-30H,4,15-19H2,2H3/t29-,30+/m0/s1. The molecule has 0 aromatic heterocycles. The van der Waals surface area contributed by atoms with Gasteiger partial charge in [-0.3, -0.25) is 14.8 Å². The number of hydrogen-bond donors (Lipinski definition) is 0. The zero-order valence-electron chi connectivity index (χ0n) is 22.7. The van der Waals surface area contributed by atoms with Gasteiger partial charge in [-0.25, -0.2) is 4.79 Å². The van der Waals surface area contributed by atoms with Crippen LogP contribution < -0.4 is 4.74 Å². The first-order valence-corrected chi connectivity index (χ1v) is 14.3. The van der Waals surface area contributed by atoms with Gasteiger partial charge in [0.15, 0.2) is 0 Å². The molecule has 9 heteroatoms. The molecule has 0 saturated carbocycles. The number of terminal acetylenes is 1. The van der Waals surface area contributed by atoms with E-state index in [1.807, 2.05) is 77.4 Å². The van der Waals surface area contributed by atoms with Crippen molar-refractivity contribution in [3.63, 3.8) is 0 Å². The predicted molar refractivity (Wildman–Crippen MR) is 162 cm³/mol. The molecule has 2 heterocycles. The lowest BCUT2D eigenvalue weighted by Crippen LogP contribution is -2.54. The fraction of sp³-hybridized carbons (Fsp3) is 0.281. The minimum atomic E-state index is -0.467. The van der Waals surface area contributed by atoms with E-state index in [9.17, 15) is 9.59 Å². The number of nitrogens with zero attached hydrogens (tertiary/aromatic N) is 4. The van der Waals surface area contributed by atoms with Gasteiger partial charge < -0.3 is 14.4 Å². The number of aliphatic imine (C=N–C) groups is 1. The topological polar surface area (TPSA) is 65.5 Å². The van der Waals surface area contributed by atoms with Crippen molar-refractivity contribution in [2.45, 2.75) is 19.0 Å². The van der Waals surface area contributed by atoms with Crippen LogP contribution >= 0.6 is 23.2 Å². The maximum absolute atomic E-state index is 14.5. The Morgan fingerprint density at radius 2 is 1.63 bits per heavy atom. The van der Waals surface area contributed by atoms with Crippen molar-refractivity contribution >= 4 is 41.4 Å². The van der Waals surface area contributed by atoms with Gasteiger partial charge in [0.1, 0.15) is 23.9 Å². The summed E-state index contributed by atoms with van der Waals surface area (Å²) in [5.74, 6) is 3.72. The van der Waals surface area contributed by atoms with E-state index < -0.39 is 12.1 Å². The summed E-state index contributed by atoms with van der Waals surface area (Å²) in [6.45, 7) is 4.87. The molecule has 2 aliphatic rings. The summed E-state index contributed by atoms with van der Waals surface area (Å²) in [6.07, 6.45) is 6.58. The number of piperazine rings is 1. The molecular weight excluding hydrogens is 559 g/mol. The van der Waals surface area contributed by atoms with E-state index in [2.05, 4.69) is 5.92 Å². The summed E-state index contributed by atoms with van der Waals surface area (Å²) < 4.78 is 6.02. The normalized spacial score (nSPS) is 19.0. The smallest absolute Gasteiger partial charge is 0.326 e. The second kappa shape index (κ2) is 12.8. The Bertz CT molecular complexity index is 1480. The Kier molecular flexibility index (Phi) is 8.94. The lowest BCUT2D eigenvalue weighted by molar-refractivity contribution is -0.109. The van der Waals surface area contributed by atoms with E-state index in [0.29, 0.717) is 72.1 Å². The number of carbonyl (C=O) groups is 2. The molecule has 3 aromatic carbocycles.